The Morgan fingerprint density at radius 2 is 2.00 bits per heavy atom. The van der Waals surface area contributed by atoms with Crippen LogP contribution in [0.4, 0.5) is 11.4 Å². The Morgan fingerprint density at radius 3 is 2.70 bits per heavy atom. The molecule has 1 aliphatic heterocycles. The van der Waals surface area contributed by atoms with E-state index in [0.717, 1.165) is 22.5 Å². The number of nitrogens with one attached hydrogen (secondary N) is 2. The number of hydrogen-bond donors (Lipinski definition) is 2. The second kappa shape index (κ2) is 6.56. The van der Waals surface area contributed by atoms with Crippen molar-refractivity contribution in [3.63, 3.8) is 0 Å². The average Bonchev–Trinajstić information content (AvgIpc) is 2.84. The lowest BCUT2D eigenvalue weighted by atomic mass is 10.1. The molecule has 0 aliphatic carbocycles. The Morgan fingerprint density at radius 1 is 1.26 bits per heavy atom. The van der Waals surface area contributed by atoms with Gasteiger partial charge in [-0.2, -0.15) is 0 Å². The highest BCUT2D eigenvalue weighted by Gasteiger charge is 2.27. The summed E-state index contributed by atoms with van der Waals surface area (Å²) in [5.41, 5.74) is 3.88. The first kappa shape index (κ1) is 15.8. The van der Waals surface area contributed by atoms with Gasteiger partial charge in [0.1, 0.15) is 0 Å². The number of hydrogen-bond acceptors (Lipinski definition) is 2. The molecule has 3 rings (SSSR count). The fourth-order valence-corrected chi connectivity index (χ4v) is 2.86. The summed E-state index contributed by atoms with van der Waals surface area (Å²) in [7, 11) is 1.77. The van der Waals surface area contributed by atoms with Crippen LogP contribution in [0.2, 0.25) is 5.02 Å². The van der Waals surface area contributed by atoms with Crippen molar-refractivity contribution in [1.29, 1.82) is 0 Å². The van der Waals surface area contributed by atoms with Crippen LogP contribution >= 0.6 is 23.8 Å². The Kier molecular flexibility index (Phi) is 4.50. The number of fused-ring (bicyclic) bond motifs is 1. The summed E-state index contributed by atoms with van der Waals surface area (Å²) in [6.07, 6.45) is 0.433. The Hall–Kier alpha value is -2.11. The highest BCUT2D eigenvalue weighted by molar-refractivity contribution is 7.80. The van der Waals surface area contributed by atoms with Crippen molar-refractivity contribution >= 4 is 46.2 Å². The molecule has 1 aliphatic rings. The molecule has 6 heteroatoms. The quantitative estimate of drug-likeness (QED) is 0.837. The van der Waals surface area contributed by atoms with Crippen LogP contribution in [0.15, 0.2) is 42.5 Å². The van der Waals surface area contributed by atoms with E-state index in [4.69, 9.17) is 23.8 Å². The molecule has 4 nitrogen and oxygen atoms in total. The van der Waals surface area contributed by atoms with E-state index >= 15 is 0 Å². The van der Waals surface area contributed by atoms with Crippen LogP contribution in [0.1, 0.15) is 11.1 Å². The number of amides is 1. The number of nitrogens with zero attached hydrogens (tertiary/aromatic N) is 1. The van der Waals surface area contributed by atoms with Crippen LogP contribution in [0.5, 0.6) is 0 Å². The van der Waals surface area contributed by atoms with Gasteiger partial charge in [-0.1, -0.05) is 29.8 Å². The lowest BCUT2D eigenvalue weighted by Crippen LogP contribution is -2.26. The fourth-order valence-electron chi connectivity index (χ4n) is 2.57. The van der Waals surface area contributed by atoms with Gasteiger partial charge in [0.2, 0.25) is 5.91 Å². The van der Waals surface area contributed by atoms with Gasteiger partial charge in [0.05, 0.1) is 13.0 Å². The zero-order valence-corrected chi connectivity index (χ0v) is 14.2. The zero-order valence-electron chi connectivity index (χ0n) is 12.6. The standard InChI is InChI=1S/C17H16ClN3OS/c1-19-17(23)20-14-6-2-11(3-7-14)10-21-15-9-13(18)5-4-12(15)8-16(21)22/h2-7,9H,8,10H2,1H3,(H2,19,20,23). The molecule has 0 fully saturated rings. The topological polar surface area (TPSA) is 44.4 Å². The SMILES string of the molecule is CNC(=S)Nc1ccc(CN2C(=O)Cc3ccc(Cl)cc32)cc1. The predicted molar refractivity (Wildman–Crippen MR) is 98.1 cm³/mol. The van der Waals surface area contributed by atoms with Crippen LogP contribution in [0.25, 0.3) is 0 Å². The molecule has 2 aromatic carbocycles. The number of benzene rings is 2. The van der Waals surface area contributed by atoms with Gasteiger partial charge in [0.15, 0.2) is 5.11 Å². The third kappa shape index (κ3) is 3.46. The molecule has 0 spiro atoms. The normalized spacial score (nSPS) is 13.0. The number of carbonyl (C=O) groups is 1. The molecule has 0 aromatic heterocycles. The van der Waals surface area contributed by atoms with Crippen molar-refractivity contribution < 1.29 is 4.79 Å². The van der Waals surface area contributed by atoms with E-state index < -0.39 is 0 Å². The van der Waals surface area contributed by atoms with E-state index in [1.165, 1.54) is 0 Å². The van der Waals surface area contributed by atoms with Crippen LogP contribution in [-0.2, 0) is 17.8 Å². The predicted octanol–water partition coefficient (Wildman–Crippen LogP) is 3.35. The second-order valence-corrected chi connectivity index (χ2v) is 6.18. The first-order valence-electron chi connectivity index (χ1n) is 7.23. The summed E-state index contributed by atoms with van der Waals surface area (Å²) >= 11 is 11.1. The first-order chi connectivity index (χ1) is 11.1. The molecule has 0 saturated heterocycles. The molecule has 0 bridgehead atoms. The largest absolute Gasteiger partial charge is 0.366 e. The molecule has 0 saturated carbocycles. The summed E-state index contributed by atoms with van der Waals surface area (Å²) in [5, 5.41) is 7.14. The fraction of sp³-hybridized carbons (Fsp3) is 0.176. The van der Waals surface area contributed by atoms with Gasteiger partial charge in [-0.3, -0.25) is 4.79 Å². The first-order valence-corrected chi connectivity index (χ1v) is 8.02. The molecule has 0 atom stereocenters. The molecule has 23 heavy (non-hydrogen) atoms. The van der Waals surface area contributed by atoms with Gasteiger partial charge < -0.3 is 15.5 Å². The van der Waals surface area contributed by atoms with Crippen molar-refractivity contribution in [3.05, 3.63) is 58.6 Å². The number of halogens is 1. The lowest BCUT2D eigenvalue weighted by Gasteiger charge is -2.18. The van der Waals surface area contributed by atoms with Gasteiger partial charge >= 0.3 is 0 Å². The Bertz CT molecular complexity index is 761. The smallest absolute Gasteiger partial charge is 0.231 e. The van der Waals surface area contributed by atoms with E-state index in [-0.39, 0.29) is 5.91 Å². The van der Waals surface area contributed by atoms with E-state index in [1.807, 2.05) is 42.5 Å². The highest BCUT2D eigenvalue weighted by atomic mass is 35.5. The van der Waals surface area contributed by atoms with Crippen LogP contribution in [0.3, 0.4) is 0 Å². The summed E-state index contributed by atoms with van der Waals surface area (Å²) in [4.78, 5) is 14.0. The molecular formula is C17H16ClN3OS. The maximum Gasteiger partial charge on any atom is 0.231 e. The van der Waals surface area contributed by atoms with Crippen LogP contribution < -0.4 is 15.5 Å². The number of thiocarbonyl (C=S) groups is 1. The minimum atomic E-state index is 0.0980. The summed E-state index contributed by atoms with van der Waals surface area (Å²) in [5.74, 6) is 0.0980. The van der Waals surface area contributed by atoms with Crippen LogP contribution in [0, 0.1) is 0 Å². The van der Waals surface area contributed by atoms with E-state index in [9.17, 15) is 4.79 Å². The molecule has 2 aromatic rings. The van der Waals surface area contributed by atoms with Crippen LogP contribution in [-0.4, -0.2) is 18.1 Å². The Balaban J connectivity index is 1.76. The minimum absolute atomic E-state index is 0.0980. The Labute approximate surface area is 145 Å². The summed E-state index contributed by atoms with van der Waals surface area (Å²) in [6.45, 7) is 0.531. The number of anilines is 2. The number of rotatable bonds is 3. The second-order valence-electron chi connectivity index (χ2n) is 5.33. The third-order valence-electron chi connectivity index (χ3n) is 3.76. The maximum atomic E-state index is 12.2. The monoisotopic (exact) mass is 345 g/mol. The van der Waals surface area contributed by atoms with Crippen molar-refractivity contribution in [1.82, 2.24) is 5.32 Å². The molecule has 2 N–H and O–H groups in total. The minimum Gasteiger partial charge on any atom is -0.366 e. The van der Waals surface area contributed by atoms with Gasteiger partial charge in [-0.25, -0.2) is 0 Å². The average molecular weight is 346 g/mol. The molecule has 1 heterocycles. The van der Waals surface area contributed by atoms with Crippen molar-refractivity contribution in [3.8, 4) is 0 Å². The van der Waals surface area contributed by atoms with E-state index in [1.54, 1.807) is 11.9 Å². The molecule has 0 radical (unpaired) electrons. The van der Waals surface area contributed by atoms with Crippen molar-refractivity contribution in [2.75, 3.05) is 17.3 Å². The third-order valence-corrected chi connectivity index (χ3v) is 4.30. The lowest BCUT2D eigenvalue weighted by molar-refractivity contribution is -0.117. The van der Waals surface area contributed by atoms with Gasteiger partial charge in [-0.15, -0.1) is 0 Å². The van der Waals surface area contributed by atoms with Gasteiger partial charge in [-0.05, 0) is 47.6 Å². The molecule has 118 valence electrons. The summed E-state index contributed by atoms with van der Waals surface area (Å²) < 4.78 is 0. The molecule has 1 amide bonds. The molecule has 0 unspecified atom stereocenters. The number of carbonyl (C=O) groups excluding carboxylic acids is 1. The van der Waals surface area contributed by atoms with Gasteiger partial charge in [0.25, 0.3) is 0 Å². The zero-order chi connectivity index (χ0) is 16.4. The van der Waals surface area contributed by atoms with E-state index in [0.29, 0.717) is 23.1 Å². The highest BCUT2D eigenvalue weighted by Crippen LogP contribution is 2.32. The van der Waals surface area contributed by atoms with E-state index in [2.05, 4.69) is 10.6 Å². The van der Waals surface area contributed by atoms with Crippen molar-refractivity contribution in [2.45, 2.75) is 13.0 Å². The van der Waals surface area contributed by atoms with Crippen molar-refractivity contribution in [2.24, 2.45) is 0 Å². The van der Waals surface area contributed by atoms with Gasteiger partial charge in [0, 0.05) is 23.4 Å². The molecular weight excluding hydrogens is 330 g/mol. The summed E-state index contributed by atoms with van der Waals surface area (Å²) in [6, 6.07) is 13.4. The maximum absolute atomic E-state index is 12.2.